The smallest absolute Gasteiger partial charge is 0.146 e. The van der Waals surface area contributed by atoms with Crippen LogP contribution in [0, 0.1) is 5.82 Å². The van der Waals surface area contributed by atoms with Gasteiger partial charge in [-0.3, -0.25) is 4.98 Å². The molecule has 0 amide bonds. The standard InChI is InChI=1S/C7H9FN2O/c8-6-3-10-2-1-5(6)7(9)4-11/h1-3,7,11H,4,9H2. The molecule has 0 fully saturated rings. The maximum absolute atomic E-state index is 12.8. The highest BCUT2D eigenvalue weighted by Crippen LogP contribution is 2.11. The summed E-state index contributed by atoms with van der Waals surface area (Å²) in [7, 11) is 0. The second-order valence-corrected chi connectivity index (χ2v) is 2.19. The van der Waals surface area contributed by atoms with Gasteiger partial charge < -0.3 is 10.8 Å². The van der Waals surface area contributed by atoms with Gasteiger partial charge in [0.25, 0.3) is 0 Å². The van der Waals surface area contributed by atoms with Crippen LogP contribution in [-0.2, 0) is 0 Å². The van der Waals surface area contributed by atoms with Crippen LogP contribution in [0.3, 0.4) is 0 Å². The number of nitrogens with zero attached hydrogens (tertiary/aromatic N) is 1. The molecule has 0 aliphatic heterocycles. The molecule has 3 N–H and O–H groups in total. The molecule has 1 heterocycles. The molecule has 11 heavy (non-hydrogen) atoms. The van der Waals surface area contributed by atoms with E-state index in [-0.39, 0.29) is 6.61 Å². The van der Waals surface area contributed by atoms with Gasteiger partial charge in [-0.2, -0.15) is 0 Å². The van der Waals surface area contributed by atoms with E-state index in [4.69, 9.17) is 10.8 Å². The fourth-order valence-electron chi connectivity index (χ4n) is 0.785. The van der Waals surface area contributed by atoms with Crippen LogP contribution in [0.1, 0.15) is 11.6 Å². The van der Waals surface area contributed by atoms with E-state index in [1.165, 1.54) is 12.3 Å². The topological polar surface area (TPSA) is 59.1 Å². The Bertz CT molecular complexity index is 242. The molecule has 0 aliphatic carbocycles. The average Bonchev–Trinajstić information content (AvgIpc) is 2.04. The van der Waals surface area contributed by atoms with Crippen molar-refractivity contribution in [2.75, 3.05) is 6.61 Å². The fourth-order valence-corrected chi connectivity index (χ4v) is 0.785. The molecule has 4 heteroatoms. The monoisotopic (exact) mass is 156 g/mol. The molecule has 0 aromatic carbocycles. The summed E-state index contributed by atoms with van der Waals surface area (Å²) in [6.07, 6.45) is 2.51. The molecule has 0 bridgehead atoms. The zero-order valence-corrected chi connectivity index (χ0v) is 5.87. The van der Waals surface area contributed by atoms with Crippen molar-refractivity contribution < 1.29 is 9.50 Å². The largest absolute Gasteiger partial charge is 0.394 e. The van der Waals surface area contributed by atoms with Crippen molar-refractivity contribution in [2.24, 2.45) is 5.73 Å². The van der Waals surface area contributed by atoms with Gasteiger partial charge in [-0.15, -0.1) is 0 Å². The van der Waals surface area contributed by atoms with E-state index in [1.807, 2.05) is 0 Å². The molecule has 3 nitrogen and oxygen atoms in total. The van der Waals surface area contributed by atoms with E-state index < -0.39 is 11.9 Å². The minimum Gasteiger partial charge on any atom is -0.394 e. The summed E-state index contributed by atoms with van der Waals surface area (Å²) in [6.45, 7) is -0.263. The Labute approximate surface area is 63.7 Å². The van der Waals surface area contributed by atoms with Crippen molar-refractivity contribution in [1.29, 1.82) is 0 Å². The lowest BCUT2D eigenvalue weighted by Gasteiger charge is -2.07. The Kier molecular flexibility index (Phi) is 2.51. The molecular formula is C7H9FN2O. The number of rotatable bonds is 2. The minimum atomic E-state index is -0.655. The quantitative estimate of drug-likeness (QED) is 0.643. The molecule has 1 rings (SSSR count). The third-order valence-electron chi connectivity index (χ3n) is 1.40. The van der Waals surface area contributed by atoms with Crippen molar-refractivity contribution in [3.63, 3.8) is 0 Å². The van der Waals surface area contributed by atoms with Crippen molar-refractivity contribution >= 4 is 0 Å². The zero-order chi connectivity index (χ0) is 8.27. The summed E-state index contributed by atoms with van der Waals surface area (Å²) in [5.41, 5.74) is 5.67. The van der Waals surface area contributed by atoms with Crippen molar-refractivity contribution in [3.05, 3.63) is 29.8 Å². The van der Waals surface area contributed by atoms with Crippen molar-refractivity contribution in [2.45, 2.75) is 6.04 Å². The van der Waals surface area contributed by atoms with Gasteiger partial charge in [0.05, 0.1) is 18.8 Å². The van der Waals surface area contributed by atoms with E-state index in [2.05, 4.69) is 4.98 Å². The zero-order valence-electron chi connectivity index (χ0n) is 5.87. The van der Waals surface area contributed by atoms with Gasteiger partial charge in [0.2, 0.25) is 0 Å². The van der Waals surface area contributed by atoms with Crippen LogP contribution in [0.2, 0.25) is 0 Å². The van der Waals surface area contributed by atoms with Crippen molar-refractivity contribution in [3.8, 4) is 0 Å². The third-order valence-corrected chi connectivity index (χ3v) is 1.40. The number of aliphatic hydroxyl groups is 1. The van der Waals surface area contributed by atoms with E-state index >= 15 is 0 Å². The van der Waals surface area contributed by atoms with E-state index in [0.29, 0.717) is 5.56 Å². The average molecular weight is 156 g/mol. The Balaban J connectivity index is 2.93. The van der Waals surface area contributed by atoms with Gasteiger partial charge >= 0.3 is 0 Å². The van der Waals surface area contributed by atoms with Crippen LogP contribution in [0.5, 0.6) is 0 Å². The highest BCUT2D eigenvalue weighted by molar-refractivity contribution is 5.16. The van der Waals surface area contributed by atoms with Crippen LogP contribution in [-0.4, -0.2) is 16.7 Å². The highest BCUT2D eigenvalue weighted by atomic mass is 19.1. The summed E-state index contributed by atoms with van der Waals surface area (Å²) in [4.78, 5) is 3.55. The molecule has 1 unspecified atom stereocenters. The van der Waals surface area contributed by atoms with Crippen LogP contribution < -0.4 is 5.73 Å². The van der Waals surface area contributed by atoms with E-state index in [9.17, 15) is 4.39 Å². The van der Waals surface area contributed by atoms with Gasteiger partial charge in [-0.25, -0.2) is 4.39 Å². The number of aliphatic hydroxyl groups excluding tert-OH is 1. The lowest BCUT2D eigenvalue weighted by molar-refractivity contribution is 0.265. The highest BCUT2D eigenvalue weighted by Gasteiger charge is 2.08. The van der Waals surface area contributed by atoms with E-state index in [0.717, 1.165) is 6.20 Å². The summed E-state index contributed by atoms with van der Waals surface area (Å²) < 4.78 is 12.8. The molecule has 1 aromatic rings. The number of hydrogen-bond acceptors (Lipinski definition) is 3. The lowest BCUT2D eigenvalue weighted by atomic mass is 10.1. The number of halogens is 1. The first-order valence-electron chi connectivity index (χ1n) is 3.21. The van der Waals surface area contributed by atoms with Crippen LogP contribution in [0.15, 0.2) is 18.5 Å². The normalized spacial score (nSPS) is 13.0. The Morgan fingerprint density at radius 1 is 1.73 bits per heavy atom. The number of nitrogens with two attached hydrogens (primary N) is 1. The van der Waals surface area contributed by atoms with Crippen LogP contribution >= 0.6 is 0 Å². The molecule has 0 spiro atoms. The molecule has 1 atom stereocenters. The van der Waals surface area contributed by atoms with Gasteiger partial charge in [0.1, 0.15) is 5.82 Å². The predicted octanol–water partition coefficient (Wildman–Crippen LogP) is 0.213. The van der Waals surface area contributed by atoms with Gasteiger partial charge in [-0.05, 0) is 6.07 Å². The van der Waals surface area contributed by atoms with Crippen LogP contribution in [0.4, 0.5) is 4.39 Å². The summed E-state index contributed by atoms with van der Waals surface area (Å²) >= 11 is 0. The molecule has 0 saturated carbocycles. The molecule has 60 valence electrons. The first-order chi connectivity index (χ1) is 5.25. The second-order valence-electron chi connectivity index (χ2n) is 2.19. The molecule has 0 aliphatic rings. The van der Waals surface area contributed by atoms with Gasteiger partial charge in [0, 0.05) is 11.8 Å². The first kappa shape index (κ1) is 8.10. The molecule has 0 saturated heterocycles. The Hall–Kier alpha value is -1.00. The van der Waals surface area contributed by atoms with Gasteiger partial charge in [0.15, 0.2) is 0 Å². The maximum atomic E-state index is 12.8. The first-order valence-corrected chi connectivity index (χ1v) is 3.21. The lowest BCUT2D eigenvalue weighted by Crippen LogP contribution is -2.16. The SMILES string of the molecule is NC(CO)c1ccncc1F. The van der Waals surface area contributed by atoms with Crippen LogP contribution in [0.25, 0.3) is 0 Å². The summed E-state index contributed by atoms with van der Waals surface area (Å²) in [5.74, 6) is -0.478. The summed E-state index contributed by atoms with van der Waals surface area (Å²) in [5, 5.41) is 8.60. The Morgan fingerprint density at radius 3 is 3.00 bits per heavy atom. The predicted molar refractivity (Wildman–Crippen MR) is 38.2 cm³/mol. The van der Waals surface area contributed by atoms with Crippen molar-refractivity contribution in [1.82, 2.24) is 4.98 Å². The number of aromatic nitrogens is 1. The third kappa shape index (κ3) is 1.72. The van der Waals surface area contributed by atoms with E-state index in [1.54, 1.807) is 0 Å². The molecule has 1 aromatic heterocycles. The molecule has 0 radical (unpaired) electrons. The molecular weight excluding hydrogens is 147 g/mol. The fraction of sp³-hybridized carbons (Fsp3) is 0.286. The minimum absolute atomic E-state index is 0.263. The number of pyridine rings is 1. The Morgan fingerprint density at radius 2 is 2.45 bits per heavy atom. The number of hydrogen-bond donors (Lipinski definition) is 2. The maximum Gasteiger partial charge on any atom is 0.146 e. The summed E-state index contributed by atoms with van der Waals surface area (Å²) in [6, 6.07) is 0.800. The van der Waals surface area contributed by atoms with Gasteiger partial charge in [-0.1, -0.05) is 0 Å². The second kappa shape index (κ2) is 3.41.